The van der Waals surface area contributed by atoms with E-state index in [0.29, 0.717) is 19.8 Å². The fraction of sp³-hybridized carbons (Fsp3) is 0.357. The summed E-state index contributed by atoms with van der Waals surface area (Å²) in [7, 11) is 2.13. The number of anilines is 2. The molecule has 35 heavy (non-hydrogen) atoms. The molecule has 1 unspecified atom stereocenters. The van der Waals surface area contributed by atoms with E-state index >= 15 is 0 Å². The van der Waals surface area contributed by atoms with Crippen LogP contribution in [0.4, 0.5) is 11.4 Å². The maximum Gasteiger partial charge on any atom is 0.165 e. The molecular weight excluding hydrogens is 444 g/mol. The van der Waals surface area contributed by atoms with Crippen molar-refractivity contribution in [2.75, 3.05) is 69.5 Å². The van der Waals surface area contributed by atoms with Gasteiger partial charge in [-0.05, 0) is 30.3 Å². The van der Waals surface area contributed by atoms with Crippen LogP contribution in [0, 0.1) is 0 Å². The van der Waals surface area contributed by atoms with Gasteiger partial charge in [-0.25, -0.2) is 0 Å². The number of nitrogens with zero attached hydrogens (tertiary/aromatic N) is 2. The van der Waals surface area contributed by atoms with E-state index in [-0.39, 0.29) is 5.41 Å². The van der Waals surface area contributed by atoms with E-state index in [1.54, 1.807) is 0 Å². The molecule has 1 saturated heterocycles. The number of benzene rings is 3. The maximum atomic E-state index is 6.62. The predicted molar refractivity (Wildman–Crippen MR) is 133 cm³/mol. The average Bonchev–Trinajstić information content (AvgIpc) is 3.40. The third kappa shape index (κ3) is 3.29. The van der Waals surface area contributed by atoms with Gasteiger partial charge in [0.15, 0.2) is 11.5 Å². The Kier molecular flexibility index (Phi) is 4.74. The molecule has 1 atom stereocenters. The lowest BCUT2D eigenvalue weighted by Crippen LogP contribution is -2.36. The Balaban J connectivity index is 1.29. The van der Waals surface area contributed by atoms with Gasteiger partial charge in [-0.1, -0.05) is 12.1 Å². The summed E-state index contributed by atoms with van der Waals surface area (Å²) in [5.41, 5.74) is 4.27. The first-order valence-electron chi connectivity index (χ1n) is 12.2. The molecular formula is C28H28N2O5. The molecule has 180 valence electrons. The van der Waals surface area contributed by atoms with Crippen molar-refractivity contribution in [3.05, 3.63) is 65.7 Å². The molecule has 0 radical (unpaired) electrons. The number of hydrogen-bond donors (Lipinski definition) is 0. The zero-order valence-electron chi connectivity index (χ0n) is 19.8. The minimum Gasteiger partial charge on any atom is -0.492 e. The van der Waals surface area contributed by atoms with Crippen molar-refractivity contribution in [3.8, 4) is 28.7 Å². The van der Waals surface area contributed by atoms with Crippen LogP contribution in [0.3, 0.4) is 0 Å². The van der Waals surface area contributed by atoms with Gasteiger partial charge < -0.3 is 33.5 Å². The summed E-state index contributed by atoms with van der Waals surface area (Å²) in [6.07, 6.45) is 0. The second-order valence-electron chi connectivity index (χ2n) is 9.57. The minimum absolute atomic E-state index is 0.340. The molecule has 7 rings (SSSR count). The van der Waals surface area contributed by atoms with Crippen LogP contribution >= 0.6 is 0 Å². The van der Waals surface area contributed by atoms with E-state index in [1.807, 2.05) is 12.1 Å². The number of hydrogen-bond acceptors (Lipinski definition) is 7. The standard InChI is InChI=1S/C28H28N2O5/c1-29-17-28(18-34-24-16-26-25(15-21(24)28)32-12-13-33-26)27-22(29)6-3-7-23(27)35-20-5-2-4-19(14-20)30-8-10-31-11-9-30/h2-7,14-16H,8-13,17-18H2,1H3. The van der Waals surface area contributed by atoms with E-state index in [1.165, 1.54) is 0 Å². The number of ether oxygens (including phenoxy) is 5. The Morgan fingerprint density at radius 2 is 1.63 bits per heavy atom. The molecule has 0 N–H and O–H groups in total. The first kappa shape index (κ1) is 20.8. The average molecular weight is 473 g/mol. The van der Waals surface area contributed by atoms with Crippen LogP contribution in [-0.2, 0) is 10.2 Å². The third-order valence-electron chi connectivity index (χ3n) is 7.46. The molecule has 4 aliphatic rings. The molecule has 7 heteroatoms. The van der Waals surface area contributed by atoms with Gasteiger partial charge in [-0.3, -0.25) is 0 Å². The first-order chi connectivity index (χ1) is 17.2. The van der Waals surface area contributed by atoms with Gasteiger partial charge in [0.25, 0.3) is 0 Å². The SMILES string of the molecule is CN1CC2(COc3cc4c(cc32)OCCO4)c2c(Oc3cccc(N4CCOCC4)c3)cccc21. The van der Waals surface area contributed by atoms with E-state index in [0.717, 1.165) is 84.1 Å². The number of rotatable bonds is 3. The van der Waals surface area contributed by atoms with Crippen LogP contribution < -0.4 is 28.7 Å². The van der Waals surface area contributed by atoms with Crippen molar-refractivity contribution < 1.29 is 23.7 Å². The normalized spacial score (nSPS) is 22.1. The van der Waals surface area contributed by atoms with Crippen LogP contribution in [0.1, 0.15) is 11.1 Å². The quantitative estimate of drug-likeness (QED) is 0.566. The van der Waals surface area contributed by atoms with Crippen molar-refractivity contribution in [1.82, 2.24) is 0 Å². The van der Waals surface area contributed by atoms with Gasteiger partial charge in [0, 0.05) is 61.3 Å². The predicted octanol–water partition coefficient (Wildman–Crippen LogP) is 4.22. The van der Waals surface area contributed by atoms with Gasteiger partial charge in [-0.15, -0.1) is 0 Å². The fourth-order valence-corrected chi connectivity index (χ4v) is 5.84. The number of likely N-dealkylation sites (N-methyl/N-ethyl adjacent to an activating group) is 1. The Bertz CT molecular complexity index is 1290. The lowest BCUT2D eigenvalue weighted by atomic mass is 9.77. The van der Waals surface area contributed by atoms with Crippen LogP contribution in [0.5, 0.6) is 28.7 Å². The molecule has 0 bridgehead atoms. The summed E-state index contributed by atoms with van der Waals surface area (Å²) in [5.74, 6) is 4.08. The highest BCUT2D eigenvalue weighted by Crippen LogP contribution is 2.56. The molecule has 1 fully saturated rings. The smallest absolute Gasteiger partial charge is 0.165 e. The molecule has 0 amide bonds. The van der Waals surface area contributed by atoms with Crippen molar-refractivity contribution >= 4 is 11.4 Å². The molecule has 0 aliphatic carbocycles. The molecule has 4 heterocycles. The monoisotopic (exact) mass is 472 g/mol. The van der Waals surface area contributed by atoms with Crippen LogP contribution in [0.15, 0.2) is 54.6 Å². The molecule has 3 aromatic rings. The molecule has 4 aliphatic heterocycles. The largest absolute Gasteiger partial charge is 0.492 e. The zero-order chi connectivity index (χ0) is 23.4. The Labute approximate surface area is 204 Å². The minimum atomic E-state index is -0.340. The van der Waals surface area contributed by atoms with Crippen LogP contribution in [0.25, 0.3) is 0 Å². The summed E-state index contributed by atoms with van der Waals surface area (Å²) < 4.78 is 30.1. The first-order valence-corrected chi connectivity index (χ1v) is 12.2. The molecule has 1 spiro atoms. The molecule has 3 aromatic carbocycles. The van der Waals surface area contributed by atoms with Gasteiger partial charge in [0.1, 0.15) is 37.1 Å². The van der Waals surface area contributed by atoms with E-state index in [4.69, 9.17) is 23.7 Å². The highest BCUT2D eigenvalue weighted by atomic mass is 16.6. The summed E-state index contributed by atoms with van der Waals surface area (Å²) in [5, 5.41) is 0. The second kappa shape index (κ2) is 7.99. The van der Waals surface area contributed by atoms with Crippen molar-refractivity contribution in [2.45, 2.75) is 5.41 Å². The topological polar surface area (TPSA) is 52.6 Å². The van der Waals surface area contributed by atoms with Crippen molar-refractivity contribution in [3.63, 3.8) is 0 Å². The summed E-state index contributed by atoms with van der Waals surface area (Å²) in [6, 6.07) is 18.7. The van der Waals surface area contributed by atoms with E-state index < -0.39 is 0 Å². The number of morpholine rings is 1. The second-order valence-corrected chi connectivity index (χ2v) is 9.57. The summed E-state index contributed by atoms with van der Waals surface area (Å²) >= 11 is 0. The van der Waals surface area contributed by atoms with Gasteiger partial charge >= 0.3 is 0 Å². The van der Waals surface area contributed by atoms with Gasteiger partial charge in [0.05, 0.1) is 18.6 Å². The zero-order valence-corrected chi connectivity index (χ0v) is 19.8. The molecule has 7 nitrogen and oxygen atoms in total. The van der Waals surface area contributed by atoms with E-state index in [2.05, 4.69) is 59.3 Å². The Morgan fingerprint density at radius 1 is 0.829 bits per heavy atom. The lowest BCUT2D eigenvalue weighted by Gasteiger charge is -2.29. The summed E-state index contributed by atoms with van der Waals surface area (Å²) in [6.45, 7) is 5.77. The van der Waals surface area contributed by atoms with Crippen molar-refractivity contribution in [1.29, 1.82) is 0 Å². The fourth-order valence-electron chi connectivity index (χ4n) is 5.84. The maximum absolute atomic E-state index is 6.62. The van der Waals surface area contributed by atoms with Gasteiger partial charge in [0.2, 0.25) is 0 Å². The van der Waals surface area contributed by atoms with Gasteiger partial charge in [-0.2, -0.15) is 0 Å². The Morgan fingerprint density at radius 3 is 2.49 bits per heavy atom. The van der Waals surface area contributed by atoms with Crippen LogP contribution in [-0.4, -0.2) is 59.7 Å². The molecule has 0 aromatic heterocycles. The van der Waals surface area contributed by atoms with Crippen molar-refractivity contribution in [2.24, 2.45) is 0 Å². The van der Waals surface area contributed by atoms with E-state index in [9.17, 15) is 0 Å². The number of fused-ring (bicyclic) bond motifs is 5. The highest BCUT2D eigenvalue weighted by molar-refractivity contribution is 5.74. The Hall–Kier alpha value is -3.58. The summed E-state index contributed by atoms with van der Waals surface area (Å²) in [4.78, 5) is 4.63. The van der Waals surface area contributed by atoms with Crippen LogP contribution in [0.2, 0.25) is 0 Å². The highest BCUT2D eigenvalue weighted by Gasteiger charge is 2.51. The lowest BCUT2D eigenvalue weighted by molar-refractivity contribution is 0.122. The molecule has 0 saturated carbocycles. The third-order valence-corrected chi connectivity index (χ3v) is 7.46.